The minimum atomic E-state index is -3.67. The summed E-state index contributed by atoms with van der Waals surface area (Å²) in [6.07, 6.45) is 2.00. The fourth-order valence-corrected chi connectivity index (χ4v) is 4.13. The lowest BCUT2D eigenvalue weighted by molar-refractivity contribution is -0.114. The number of amides is 1. The van der Waals surface area contributed by atoms with Crippen molar-refractivity contribution < 1.29 is 17.9 Å². The van der Waals surface area contributed by atoms with Gasteiger partial charge in [-0.1, -0.05) is 12.1 Å². The third-order valence-electron chi connectivity index (χ3n) is 4.34. The van der Waals surface area contributed by atoms with Crippen molar-refractivity contribution in [3.8, 4) is 5.75 Å². The molecule has 1 aliphatic carbocycles. The predicted molar refractivity (Wildman–Crippen MR) is 99.5 cm³/mol. The van der Waals surface area contributed by atoms with E-state index in [1.807, 2.05) is 24.3 Å². The van der Waals surface area contributed by atoms with Gasteiger partial charge in [0.2, 0.25) is 15.9 Å². The molecule has 2 aromatic carbocycles. The van der Waals surface area contributed by atoms with E-state index >= 15 is 0 Å². The first-order chi connectivity index (χ1) is 12.4. The molecule has 0 spiro atoms. The van der Waals surface area contributed by atoms with E-state index in [4.69, 9.17) is 4.74 Å². The lowest BCUT2D eigenvalue weighted by Gasteiger charge is -2.19. The number of sulfonamides is 1. The Labute approximate surface area is 153 Å². The highest BCUT2D eigenvalue weighted by atomic mass is 32.2. The van der Waals surface area contributed by atoms with Crippen molar-refractivity contribution in [2.75, 3.05) is 12.4 Å². The highest BCUT2D eigenvalue weighted by Crippen LogP contribution is 2.42. The molecule has 1 amide bonds. The Kier molecular flexibility index (Phi) is 5.29. The summed E-state index contributed by atoms with van der Waals surface area (Å²) in [6.45, 7) is 1.40. The zero-order valence-corrected chi connectivity index (χ0v) is 15.5. The fourth-order valence-electron chi connectivity index (χ4n) is 2.83. The largest absolute Gasteiger partial charge is 0.497 e. The number of rotatable bonds is 7. The molecule has 2 aromatic rings. The first-order valence-corrected chi connectivity index (χ1v) is 9.91. The lowest BCUT2D eigenvalue weighted by atomic mass is 10.0. The summed E-state index contributed by atoms with van der Waals surface area (Å²) in [5, 5.41) is 2.62. The maximum absolute atomic E-state index is 12.8. The van der Waals surface area contributed by atoms with Crippen LogP contribution in [-0.4, -0.2) is 21.4 Å². The molecule has 1 saturated carbocycles. The van der Waals surface area contributed by atoms with Gasteiger partial charge in [0.15, 0.2) is 0 Å². The van der Waals surface area contributed by atoms with Gasteiger partial charge < -0.3 is 10.1 Å². The minimum Gasteiger partial charge on any atom is -0.497 e. The van der Waals surface area contributed by atoms with Gasteiger partial charge in [0.1, 0.15) is 5.75 Å². The fraction of sp³-hybridized carbons (Fsp3) is 0.316. The Morgan fingerprint density at radius 2 is 1.69 bits per heavy atom. The molecule has 0 saturated heterocycles. The van der Waals surface area contributed by atoms with Crippen LogP contribution in [0.4, 0.5) is 5.69 Å². The molecule has 0 radical (unpaired) electrons. The smallest absolute Gasteiger partial charge is 0.241 e. The molecule has 1 aliphatic rings. The molecular formula is C19H22N2O4S. The van der Waals surface area contributed by atoms with E-state index in [1.165, 1.54) is 19.1 Å². The van der Waals surface area contributed by atoms with E-state index < -0.39 is 10.0 Å². The van der Waals surface area contributed by atoms with Gasteiger partial charge in [0.25, 0.3) is 0 Å². The molecule has 0 aromatic heterocycles. The number of hydrogen-bond donors (Lipinski definition) is 2. The van der Waals surface area contributed by atoms with Crippen LogP contribution in [0.2, 0.25) is 0 Å². The maximum Gasteiger partial charge on any atom is 0.241 e. The molecule has 138 valence electrons. The van der Waals surface area contributed by atoms with Crippen molar-refractivity contribution in [1.82, 2.24) is 4.72 Å². The highest BCUT2D eigenvalue weighted by molar-refractivity contribution is 7.89. The van der Waals surface area contributed by atoms with Gasteiger partial charge in [-0.15, -0.1) is 0 Å². The average Bonchev–Trinajstić information content (AvgIpc) is 3.45. The van der Waals surface area contributed by atoms with Crippen LogP contribution >= 0.6 is 0 Å². The molecule has 0 heterocycles. The van der Waals surface area contributed by atoms with Gasteiger partial charge >= 0.3 is 0 Å². The van der Waals surface area contributed by atoms with Crippen LogP contribution in [0.25, 0.3) is 0 Å². The van der Waals surface area contributed by atoms with Crippen LogP contribution in [0.1, 0.15) is 31.4 Å². The van der Waals surface area contributed by atoms with E-state index in [0.717, 1.165) is 24.2 Å². The molecule has 26 heavy (non-hydrogen) atoms. The number of methoxy groups -OCH3 is 1. The number of hydrogen-bond acceptors (Lipinski definition) is 4. The van der Waals surface area contributed by atoms with Gasteiger partial charge in [0, 0.05) is 18.7 Å². The minimum absolute atomic E-state index is 0.172. The number of nitrogens with one attached hydrogen (secondary N) is 2. The van der Waals surface area contributed by atoms with Crippen molar-refractivity contribution in [3.05, 3.63) is 54.1 Å². The molecule has 0 bridgehead atoms. The number of anilines is 1. The lowest BCUT2D eigenvalue weighted by Crippen LogP contribution is -2.30. The molecule has 7 heteroatoms. The molecule has 0 aliphatic heterocycles. The zero-order valence-electron chi connectivity index (χ0n) is 14.7. The maximum atomic E-state index is 12.8. The normalized spacial score (nSPS) is 15.3. The second kappa shape index (κ2) is 7.47. The first kappa shape index (κ1) is 18.4. The van der Waals surface area contributed by atoms with Gasteiger partial charge in [-0.25, -0.2) is 13.1 Å². The van der Waals surface area contributed by atoms with E-state index in [2.05, 4.69) is 10.0 Å². The molecule has 1 unspecified atom stereocenters. The second-order valence-electron chi connectivity index (χ2n) is 6.42. The third kappa shape index (κ3) is 4.42. The van der Waals surface area contributed by atoms with E-state index in [9.17, 15) is 13.2 Å². The second-order valence-corrected chi connectivity index (χ2v) is 8.13. The van der Waals surface area contributed by atoms with E-state index in [0.29, 0.717) is 11.6 Å². The summed E-state index contributed by atoms with van der Waals surface area (Å²) in [4.78, 5) is 11.2. The third-order valence-corrected chi connectivity index (χ3v) is 5.79. The Hall–Kier alpha value is -2.38. The number of ether oxygens (including phenoxy) is 1. The summed E-state index contributed by atoms with van der Waals surface area (Å²) in [5.41, 5.74) is 1.48. The van der Waals surface area contributed by atoms with E-state index in [1.54, 1.807) is 19.2 Å². The molecule has 1 atom stereocenters. The summed E-state index contributed by atoms with van der Waals surface area (Å²) < 4.78 is 33.6. The molecule has 3 rings (SSSR count). The van der Waals surface area contributed by atoms with Gasteiger partial charge in [-0.05, 0) is 60.7 Å². The zero-order chi connectivity index (χ0) is 18.7. The molecular weight excluding hydrogens is 352 g/mol. The van der Waals surface area contributed by atoms with Crippen LogP contribution in [-0.2, 0) is 14.8 Å². The van der Waals surface area contributed by atoms with Crippen molar-refractivity contribution in [2.45, 2.75) is 30.7 Å². The summed E-state index contributed by atoms with van der Waals surface area (Å²) in [5.74, 6) is 0.837. The van der Waals surface area contributed by atoms with Crippen molar-refractivity contribution in [1.29, 1.82) is 0 Å². The van der Waals surface area contributed by atoms with Crippen molar-refractivity contribution >= 4 is 21.6 Å². The number of carbonyl (C=O) groups excluding carboxylic acids is 1. The highest BCUT2D eigenvalue weighted by Gasteiger charge is 2.35. The SMILES string of the molecule is COc1ccc(C(NS(=O)(=O)c2ccc(NC(C)=O)cc2)C2CC2)cc1. The molecule has 1 fully saturated rings. The standard InChI is InChI=1S/C19H22N2O4S/c1-13(22)20-16-7-11-18(12-8-16)26(23,24)21-19(14-3-4-14)15-5-9-17(25-2)10-6-15/h5-12,14,19,21H,3-4H2,1-2H3,(H,20,22). The van der Waals surface area contributed by atoms with Crippen molar-refractivity contribution in [2.24, 2.45) is 5.92 Å². The summed E-state index contributed by atoms with van der Waals surface area (Å²) >= 11 is 0. The average molecular weight is 374 g/mol. The van der Waals surface area contributed by atoms with Crippen molar-refractivity contribution in [3.63, 3.8) is 0 Å². The number of carbonyl (C=O) groups is 1. The van der Waals surface area contributed by atoms with Crippen LogP contribution in [0.5, 0.6) is 5.75 Å². The Balaban J connectivity index is 1.80. The van der Waals surface area contributed by atoms with Gasteiger partial charge in [-0.2, -0.15) is 0 Å². The number of benzene rings is 2. The quantitative estimate of drug-likeness (QED) is 0.780. The van der Waals surface area contributed by atoms with Crippen LogP contribution in [0.3, 0.4) is 0 Å². The topological polar surface area (TPSA) is 84.5 Å². The predicted octanol–water partition coefficient (Wildman–Crippen LogP) is 3.08. The van der Waals surface area contributed by atoms with Gasteiger partial charge in [0.05, 0.1) is 12.0 Å². The van der Waals surface area contributed by atoms with Crippen LogP contribution in [0.15, 0.2) is 53.4 Å². The Bertz CT molecular complexity index is 873. The summed E-state index contributed by atoms with van der Waals surface area (Å²) in [6, 6.07) is 13.3. The van der Waals surface area contributed by atoms with Crippen LogP contribution < -0.4 is 14.8 Å². The van der Waals surface area contributed by atoms with Gasteiger partial charge in [-0.3, -0.25) is 4.79 Å². The monoisotopic (exact) mass is 374 g/mol. The molecule has 2 N–H and O–H groups in total. The first-order valence-electron chi connectivity index (χ1n) is 8.43. The van der Waals surface area contributed by atoms with E-state index in [-0.39, 0.29) is 16.8 Å². The Morgan fingerprint density at radius 1 is 1.08 bits per heavy atom. The summed E-state index contributed by atoms with van der Waals surface area (Å²) in [7, 11) is -2.07. The molecule has 6 nitrogen and oxygen atoms in total. The Morgan fingerprint density at radius 3 is 2.19 bits per heavy atom. The van der Waals surface area contributed by atoms with Crippen LogP contribution in [0, 0.1) is 5.92 Å².